The summed E-state index contributed by atoms with van der Waals surface area (Å²) in [4.78, 5) is 0. The molecular formula is C43H60Si2. The Bertz CT molecular complexity index is 1360. The monoisotopic (exact) mass is 632 g/mol. The van der Waals surface area contributed by atoms with Gasteiger partial charge >= 0.3 is 0 Å². The van der Waals surface area contributed by atoms with Crippen LogP contribution in [0.15, 0.2) is 91.1 Å². The summed E-state index contributed by atoms with van der Waals surface area (Å²) in [6.45, 7) is 14.8. The highest BCUT2D eigenvalue weighted by Crippen LogP contribution is 2.58. The van der Waals surface area contributed by atoms with E-state index in [4.69, 9.17) is 0 Å². The van der Waals surface area contributed by atoms with Crippen LogP contribution in [-0.2, 0) is 0 Å². The van der Waals surface area contributed by atoms with Gasteiger partial charge in [-0.3, -0.25) is 0 Å². The normalized spacial score (nSPS) is 26.8. The van der Waals surface area contributed by atoms with Crippen LogP contribution >= 0.6 is 0 Å². The molecule has 0 radical (unpaired) electrons. The summed E-state index contributed by atoms with van der Waals surface area (Å²) in [5.74, 6) is 4.05. The third kappa shape index (κ3) is 5.71. The van der Waals surface area contributed by atoms with Crippen LogP contribution in [0.2, 0.25) is 36.3 Å². The van der Waals surface area contributed by atoms with Crippen LogP contribution < -0.4 is 10.4 Å². The lowest BCUT2D eigenvalue weighted by molar-refractivity contribution is 0.336. The first-order valence-corrected chi connectivity index (χ1v) is 24.2. The third-order valence-electron chi connectivity index (χ3n) is 13.9. The minimum atomic E-state index is -1.48. The highest BCUT2D eigenvalue weighted by molar-refractivity contribution is 6.92. The van der Waals surface area contributed by atoms with Crippen LogP contribution in [-0.4, -0.2) is 16.1 Å². The minimum absolute atomic E-state index is 0.417. The molecule has 0 amide bonds. The highest BCUT2D eigenvalue weighted by Gasteiger charge is 2.51. The fourth-order valence-electron chi connectivity index (χ4n) is 10.7. The van der Waals surface area contributed by atoms with Crippen molar-refractivity contribution in [3.05, 3.63) is 108 Å². The third-order valence-corrected chi connectivity index (χ3v) is 25.1. The van der Waals surface area contributed by atoms with Gasteiger partial charge in [0.25, 0.3) is 0 Å². The molecule has 4 aliphatic rings. The van der Waals surface area contributed by atoms with Crippen LogP contribution in [0, 0.1) is 29.6 Å². The Balaban J connectivity index is 1.55. The van der Waals surface area contributed by atoms with E-state index in [2.05, 4.69) is 133 Å². The molecule has 0 aromatic heterocycles. The largest absolute Gasteiger partial charge is 0.0859 e. The fraction of sp³-hybridized carbons (Fsp3) is 0.535. The number of hydrogen-bond donors (Lipinski definition) is 0. The Morgan fingerprint density at radius 2 is 1.00 bits per heavy atom. The summed E-state index contributed by atoms with van der Waals surface area (Å²) in [7, 11) is -2.91. The first-order chi connectivity index (χ1) is 22.0. The average molecular weight is 633 g/mol. The minimum Gasteiger partial charge on any atom is -0.0805 e. The van der Waals surface area contributed by atoms with Gasteiger partial charge < -0.3 is 0 Å². The number of fused-ring (bicyclic) bond motifs is 3. The smallest absolute Gasteiger partial charge is 0.0805 e. The Hall–Kier alpha value is -2.17. The van der Waals surface area contributed by atoms with E-state index >= 15 is 0 Å². The molecule has 5 atom stereocenters. The topological polar surface area (TPSA) is 0 Å². The summed E-state index contributed by atoms with van der Waals surface area (Å²) in [6, 6.07) is 26.6. The number of allylic oxidation sites excluding steroid dienone is 8. The number of benzene rings is 2. The SMILES string of the molecule is CC[Si](CC)(CC)c1ccc(C(c2ccc([Si](CC)(CC)CC)cc2C2CCCC2)C2C3C=CC=CC3C3C=CC=CC32)cc1. The van der Waals surface area contributed by atoms with Gasteiger partial charge in [0.1, 0.15) is 0 Å². The number of hydrogen-bond acceptors (Lipinski definition) is 0. The van der Waals surface area contributed by atoms with Crippen LogP contribution in [0.1, 0.15) is 95.8 Å². The van der Waals surface area contributed by atoms with Gasteiger partial charge in [0.05, 0.1) is 16.1 Å². The maximum absolute atomic E-state index is 2.80. The van der Waals surface area contributed by atoms with Gasteiger partial charge in [-0.25, -0.2) is 0 Å². The Labute approximate surface area is 278 Å². The van der Waals surface area contributed by atoms with Crippen molar-refractivity contribution in [2.45, 2.75) is 115 Å². The van der Waals surface area contributed by atoms with Crippen molar-refractivity contribution in [2.24, 2.45) is 29.6 Å². The zero-order chi connectivity index (χ0) is 31.6. The second kappa shape index (κ2) is 13.9. The molecule has 45 heavy (non-hydrogen) atoms. The van der Waals surface area contributed by atoms with Crippen LogP contribution in [0.25, 0.3) is 0 Å². The van der Waals surface area contributed by atoms with Crippen molar-refractivity contribution in [1.82, 2.24) is 0 Å². The molecule has 0 nitrogen and oxygen atoms in total. The highest BCUT2D eigenvalue weighted by atomic mass is 28.3. The molecule has 0 saturated heterocycles. The van der Waals surface area contributed by atoms with Crippen molar-refractivity contribution in [3.63, 3.8) is 0 Å². The van der Waals surface area contributed by atoms with E-state index in [0.29, 0.717) is 35.5 Å². The molecule has 0 spiro atoms. The van der Waals surface area contributed by atoms with E-state index in [1.165, 1.54) is 61.9 Å². The molecule has 2 aromatic rings. The maximum Gasteiger partial charge on any atom is 0.0859 e. The molecule has 2 fully saturated rings. The zero-order valence-electron chi connectivity index (χ0n) is 29.3. The second-order valence-electron chi connectivity index (χ2n) is 15.0. The molecule has 6 rings (SSSR count). The lowest BCUT2D eigenvalue weighted by Gasteiger charge is -2.37. The Morgan fingerprint density at radius 3 is 1.49 bits per heavy atom. The van der Waals surface area contributed by atoms with E-state index in [-0.39, 0.29) is 0 Å². The van der Waals surface area contributed by atoms with Gasteiger partial charge in [-0.1, -0.05) is 192 Å². The average Bonchev–Trinajstić information content (AvgIpc) is 3.76. The van der Waals surface area contributed by atoms with Gasteiger partial charge in [0, 0.05) is 5.92 Å². The quantitative estimate of drug-likeness (QED) is 0.204. The van der Waals surface area contributed by atoms with Gasteiger partial charge in [0.15, 0.2) is 0 Å². The van der Waals surface area contributed by atoms with Crippen LogP contribution in [0.3, 0.4) is 0 Å². The van der Waals surface area contributed by atoms with Crippen LogP contribution in [0.4, 0.5) is 0 Å². The standard InChI is InChI=1S/C43H60Si2/c1-7-44(8-2,9-3)34-27-25-33(26-28-34)42(43-38-23-17-15-21-36(38)37-22-16-18-24-39(37)43)40-30-29-35(45(10-4,11-5)12-6)31-41(40)32-19-13-14-20-32/h15-18,21-32,36-39,42-43H,7-14,19-20H2,1-6H3. The van der Waals surface area contributed by atoms with E-state index in [1.54, 1.807) is 27.1 Å². The van der Waals surface area contributed by atoms with Crippen molar-refractivity contribution in [3.8, 4) is 0 Å². The molecule has 0 heterocycles. The molecule has 5 unspecified atom stereocenters. The molecule has 4 aliphatic carbocycles. The lowest BCUT2D eigenvalue weighted by Crippen LogP contribution is -2.46. The number of rotatable bonds is 12. The summed E-state index contributed by atoms with van der Waals surface area (Å²) in [6.07, 6.45) is 25.1. The van der Waals surface area contributed by atoms with Gasteiger partial charge in [-0.2, -0.15) is 0 Å². The van der Waals surface area contributed by atoms with E-state index in [1.807, 2.05) is 0 Å². The predicted molar refractivity (Wildman–Crippen MR) is 204 cm³/mol. The Kier molecular flexibility index (Phi) is 10.1. The summed E-state index contributed by atoms with van der Waals surface area (Å²) in [5.41, 5.74) is 4.97. The summed E-state index contributed by atoms with van der Waals surface area (Å²) >= 11 is 0. The molecule has 0 N–H and O–H groups in total. The van der Waals surface area contributed by atoms with E-state index in [9.17, 15) is 0 Å². The zero-order valence-corrected chi connectivity index (χ0v) is 31.3. The molecule has 0 aliphatic heterocycles. The first-order valence-electron chi connectivity index (χ1n) is 18.9. The Morgan fingerprint density at radius 1 is 0.556 bits per heavy atom. The van der Waals surface area contributed by atoms with Crippen molar-refractivity contribution in [2.75, 3.05) is 0 Å². The molecule has 240 valence electrons. The second-order valence-corrected chi connectivity index (χ2v) is 25.6. The van der Waals surface area contributed by atoms with E-state index < -0.39 is 16.1 Å². The molecule has 0 bridgehead atoms. The van der Waals surface area contributed by atoms with Gasteiger partial charge in [0.2, 0.25) is 0 Å². The molecule has 2 aromatic carbocycles. The lowest BCUT2D eigenvalue weighted by atomic mass is 9.68. The maximum atomic E-state index is 2.80. The molecular weight excluding hydrogens is 573 g/mol. The van der Waals surface area contributed by atoms with E-state index in [0.717, 1.165) is 5.92 Å². The summed E-state index contributed by atoms with van der Waals surface area (Å²) in [5, 5.41) is 3.42. The van der Waals surface area contributed by atoms with Gasteiger partial charge in [-0.15, -0.1) is 0 Å². The summed E-state index contributed by atoms with van der Waals surface area (Å²) < 4.78 is 0. The molecule has 2 heteroatoms. The fourth-order valence-corrected chi connectivity index (χ4v) is 17.9. The van der Waals surface area contributed by atoms with Gasteiger partial charge in [-0.05, 0) is 65.0 Å². The van der Waals surface area contributed by atoms with Crippen LogP contribution in [0.5, 0.6) is 0 Å². The van der Waals surface area contributed by atoms with Crippen molar-refractivity contribution < 1.29 is 0 Å². The van der Waals surface area contributed by atoms with Crippen molar-refractivity contribution >= 4 is 26.5 Å². The predicted octanol–water partition coefficient (Wildman–Crippen LogP) is 11.3. The van der Waals surface area contributed by atoms with Crippen molar-refractivity contribution in [1.29, 1.82) is 0 Å². The molecule has 2 saturated carbocycles. The first kappa shape index (κ1) is 32.8.